The summed E-state index contributed by atoms with van der Waals surface area (Å²) in [6.07, 6.45) is -6.03. The van der Waals surface area contributed by atoms with Crippen LogP contribution in [0.1, 0.15) is 20.7 Å². The molecule has 13 heteroatoms. The monoisotopic (exact) mass is 601 g/mol. The molecular formula is C25H19Cl3FNO7S. The van der Waals surface area contributed by atoms with E-state index in [1.54, 1.807) is 24.3 Å². The van der Waals surface area contributed by atoms with Gasteiger partial charge >= 0.3 is 11.9 Å². The predicted molar refractivity (Wildman–Crippen MR) is 140 cm³/mol. The number of hydrogen-bond acceptors (Lipinski definition) is 8. The van der Waals surface area contributed by atoms with E-state index in [1.807, 2.05) is 0 Å². The summed E-state index contributed by atoms with van der Waals surface area (Å²) in [5.41, 5.74) is 0.133. The molecule has 0 aliphatic carbocycles. The lowest BCUT2D eigenvalue weighted by Gasteiger charge is -2.27. The number of carbonyl (C=O) groups excluding carboxylic acids is 2. The summed E-state index contributed by atoms with van der Waals surface area (Å²) in [6, 6.07) is 17.1. The van der Waals surface area contributed by atoms with E-state index in [2.05, 4.69) is 0 Å². The van der Waals surface area contributed by atoms with Gasteiger partial charge in [-0.3, -0.25) is 4.18 Å². The molecule has 0 unspecified atom stereocenters. The van der Waals surface area contributed by atoms with E-state index >= 15 is 0 Å². The molecule has 0 saturated heterocycles. The van der Waals surface area contributed by atoms with Gasteiger partial charge in [0.2, 0.25) is 0 Å². The van der Waals surface area contributed by atoms with Crippen molar-refractivity contribution in [2.24, 2.45) is 0 Å². The second-order valence-corrected chi connectivity index (χ2v) is 10.4. The minimum atomic E-state index is -4.83. The molecule has 0 spiro atoms. The molecule has 200 valence electrons. The second-order valence-electron chi connectivity index (χ2n) is 7.60. The molecule has 0 saturated carbocycles. The Morgan fingerprint density at radius 1 is 0.868 bits per heavy atom. The van der Waals surface area contributed by atoms with Crippen LogP contribution in [0.25, 0.3) is 0 Å². The summed E-state index contributed by atoms with van der Waals surface area (Å²) in [5.74, 6) is -1.92. The van der Waals surface area contributed by atoms with Gasteiger partial charge in [-0.05, 0) is 36.4 Å². The third kappa shape index (κ3) is 7.52. The molecule has 1 N–H and O–H groups in total. The number of hydrogen-bond donors (Lipinski definition) is 1. The van der Waals surface area contributed by atoms with Crippen LogP contribution in [0.15, 0.2) is 77.7 Å². The lowest BCUT2D eigenvalue weighted by Crippen LogP contribution is -2.45. The maximum atomic E-state index is 14.9. The Hall–Kier alpha value is -3.02. The Kier molecular flexibility index (Phi) is 10.2. The van der Waals surface area contributed by atoms with Gasteiger partial charge in [0, 0.05) is 6.21 Å². The molecule has 0 bridgehead atoms. The summed E-state index contributed by atoms with van der Waals surface area (Å²) in [5, 5.41) is 6.79. The average Bonchev–Trinajstić information content (AvgIpc) is 2.91. The number of halogens is 4. The summed E-state index contributed by atoms with van der Waals surface area (Å²) in [4.78, 5) is 24.6. The first-order valence-corrected chi connectivity index (χ1v) is 13.3. The van der Waals surface area contributed by atoms with Crippen LogP contribution in [-0.2, 0) is 23.8 Å². The third-order valence-electron chi connectivity index (χ3n) is 4.97. The van der Waals surface area contributed by atoms with Gasteiger partial charge in [0.25, 0.3) is 10.1 Å². The van der Waals surface area contributed by atoms with Crippen LogP contribution in [0.2, 0.25) is 15.1 Å². The van der Waals surface area contributed by atoms with E-state index in [9.17, 15) is 22.4 Å². The highest BCUT2D eigenvalue weighted by atomic mass is 35.5. The van der Waals surface area contributed by atoms with Crippen LogP contribution in [-0.4, -0.2) is 51.6 Å². The lowest BCUT2D eigenvalue weighted by atomic mass is 10.1. The zero-order chi connectivity index (χ0) is 27.9. The van der Waals surface area contributed by atoms with Crippen molar-refractivity contribution in [2.45, 2.75) is 23.3 Å². The fourth-order valence-corrected chi connectivity index (χ4v) is 5.16. The first-order chi connectivity index (χ1) is 18.0. The number of nitrogens with one attached hydrogen (secondary N) is 1. The van der Waals surface area contributed by atoms with E-state index in [-0.39, 0.29) is 32.4 Å². The Balaban J connectivity index is 1.97. The van der Waals surface area contributed by atoms with Crippen LogP contribution in [0.3, 0.4) is 0 Å². The first-order valence-electron chi connectivity index (χ1n) is 10.7. The van der Waals surface area contributed by atoms with Gasteiger partial charge in [-0.15, -0.1) is 0 Å². The Morgan fingerprint density at radius 2 is 1.39 bits per heavy atom. The number of alkyl halides is 1. The van der Waals surface area contributed by atoms with Gasteiger partial charge in [-0.1, -0.05) is 71.2 Å². The van der Waals surface area contributed by atoms with Crippen LogP contribution in [0, 0.1) is 5.41 Å². The summed E-state index contributed by atoms with van der Waals surface area (Å²) in [7, 11) is -4.83. The van der Waals surface area contributed by atoms with Crippen LogP contribution in [0.5, 0.6) is 0 Å². The molecule has 3 rings (SSSR count). The normalized spacial score (nSPS) is 13.7. The number of benzene rings is 3. The molecule has 3 atom stereocenters. The van der Waals surface area contributed by atoms with Crippen molar-refractivity contribution in [1.82, 2.24) is 0 Å². The average molecular weight is 603 g/mol. The molecule has 0 amide bonds. The van der Waals surface area contributed by atoms with Crippen molar-refractivity contribution >= 4 is 63.1 Å². The first kappa shape index (κ1) is 29.5. The molecule has 0 fully saturated rings. The van der Waals surface area contributed by atoms with E-state index in [4.69, 9.17) is 53.9 Å². The van der Waals surface area contributed by atoms with Gasteiger partial charge in [0.1, 0.15) is 11.5 Å². The molecule has 0 aliphatic heterocycles. The quantitative estimate of drug-likeness (QED) is 0.128. The van der Waals surface area contributed by atoms with Crippen molar-refractivity contribution in [3.8, 4) is 0 Å². The molecule has 0 heterocycles. The highest BCUT2D eigenvalue weighted by molar-refractivity contribution is 7.87. The van der Waals surface area contributed by atoms with Crippen LogP contribution < -0.4 is 0 Å². The molecule has 38 heavy (non-hydrogen) atoms. The van der Waals surface area contributed by atoms with Crippen molar-refractivity contribution in [3.05, 3.63) is 99.0 Å². The standard InChI is InChI=1S/C25H19Cl3FNO7S/c26-17-11-19(28)22(12-18(17)27)38(33,34)37-21(14-35-24(31)15-7-3-1-4-8-15)23(20(29)13-30)36-25(32)16-9-5-2-6-10-16/h1-13,20-21,23,30H,14H2/t20-,21-,23+/m1/s1. The van der Waals surface area contributed by atoms with E-state index in [1.165, 1.54) is 36.4 Å². The molecule has 0 radical (unpaired) electrons. The minimum Gasteiger partial charge on any atom is -0.459 e. The maximum Gasteiger partial charge on any atom is 0.338 e. The van der Waals surface area contributed by atoms with Gasteiger partial charge in [0.05, 0.1) is 26.2 Å². The Morgan fingerprint density at radius 3 is 1.95 bits per heavy atom. The maximum absolute atomic E-state index is 14.9. The smallest absolute Gasteiger partial charge is 0.338 e. The molecule has 3 aromatic rings. The number of rotatable bonds is 11. The molecule has 8 nitrogen and oxygen atoms in total. The zero-order valence-electron chi connectivity index (χ0n) is 19.2. The van der Waals surface area contributed by atoms with Crippen molar-refractivity contribution in [2.75, 3.05) is 6.61 Å². The van der Waals surface area contributed by atoms with Crippen molar-refractivity contribution in [1.29, 1.82) is 5.41 Å². The van der Waals surface area contributed by atoms with Crippen molar-refractivity contribution < 1.29 is 36.1 Å². The number of ether oxygens (including phenoxy) is 2. The van der Waals surface area contributed by atoms with Gasteiger partial charge < -0.3 is 14.9 Å². The van der Waals surface area contributed by atoms with Crippen molar-refractivity contribution in [3.63, 3.8) is 0 Å². The highest BCUT2D eigenvalue weighted by Gasteiger charge is 2.39. The van der Waals surface area contributed by atoms with Gasteiger partial charge in [-0.2, -0.15) is 8.42 Å². The Bertz CT molecular complexity index is 1410. The summed E-state index contributed by atoms with van der Waals surface area (Å²) in [6.45, 7) is -0.882. The summed E-state index contributed by atoms with van der Waals surface area (Å²) >= 11 is 17.8. The van der Waals surface area contributed by atoms with Crippen LogP contribution in [0.4, 0.5) is 4.39 Å². The zero-order valence-corrected chi connectivity index (χ0v) is 22.3. The fourth-order valence-electron chi connectivity index (χ4n) is 3.11. The highest BCUT2D eigenvalue weighted by Crippen LogP contribution is 2.33. The van der Waals surface area contributed by atoms with Crippen LogP contribution >= 0.6 is 34.8 Å². The summed E-state index contributed by atoms with van der Waals surface area (Å²) < 4.78 is 56.8. The molecular weight excluding hydrogens is 584 g/mol. The third-order valence-corrected chi connectivity index (χ3v) is 7.50. The fraction of sp³-hybridized carbons (Fsp3) is 0.160. The number of carbonyl (C=O) groups is 2. The molecule has 0 aliphatic rings. The second kappa shape index (κ2) is 13.2. The molecule has 3 aromatic carbocycles. The largest absolute Gasteiger partial charge is 0.459 e. The predicted octanol–water partition coefficient (Wildman–Crippen LogP) is 5.79. The van der Waals surface area contributed by atoms with Gasteiger partial charge in [-0.25, -0.2) is 14.0 Å². The Labute approximate surface area is 232 Å². The lowest BCUT2D eigenvalue weighted by molar-refractivity contribution is -0.0475. The van der Waals surface area contributed by atoms with Gasteiger partial charge in [0.15, 0.2) is 18.4 Å². The van der Waals surface area contributed by atoms with E-state index < -0.39 is 51.9 Å². The topological polar surface area (TPSA) is 120 Å². The number of esters is 2. The molecule has 0 aromatic heterocycles. The minimum absolute atomic E-state index is 0.0186. The SMILES string of the molecule is N=C[C@@H](F)[C@H](OC(=O)c1ccccc1)[C@@H](COC(=O)c1ccccc1)OS(=O)(=O)c1cc(Cl)c(Cl)cc1Cl. The van der Waals surface area contributed by atoms with E-state index in [0.717, 1.165) is 12.1 Å². The van der Waals surface area contributed by atoms with E-state index in [0.29, 0.717) is 0 Å².